The minimum Gasteiger partial charge on any atom is -0.344 e. The molecule has 6 heteroatoms. The zero-order valence-corrected chi connectivity index (χ0v) is 16.2. The fourth-order valence-corrected chi connectivity index (χ4v) is 3.62. The van der Waals surface area contributed by atoms with Crippen LogP contribution in [-0.2, 0) is 16.0 Å². The number of aryl methyl sites for hydroxylation is 1. The molecular formula is C21H25ClN3O2+. The van der Waals surface area contributed by atoms with Gasteiger partial charge in [0.15, 0.2) is 13.1 Å². The minimum absolute atomic E-state index is 0.0338. The van der Waals surface area contributed by atoms with Gasteiger partial charge in [-0.3, -0.25) is 9.59 Å². The van der Waals surface area contributed by atoms with Crippen LogP contribution >= 0.6 is 11.6 Å². The second-order valence-corrected chi connectivity index (χ2v) is 7.51. The molecule has 0 spiro atoms. The monoisotopic (exact) mass is 386 g/mol. The number of nitrogens with one attached hydrogen (secondary N) is 3. The van der Waals surface area contributed by atoms with Crippen LogP contribution in [0.2, 0.25) is 5.02 Å². The Morgan fingerprint density at radius 1 is 1.07 bits per heavy atom. The lowest BCUT2D eigenvalue weighted by Crippen LogP contribution is -3.11. The summed E-state index contributed by atoms with van der Waals surface area (Å²) in [6.07, 6.45) is 3.10. The maximum absolute atomic E-state index is 12.4. The molecule has 2 atom stereocenters. The standard InChI is InChI=1S/C21H24ClN3O2/c1-25(13-20(26)23-17-11-9-16(22)10-12-17)14-21(27)24-19-8-4-6-15-5-2-3-7-18(15)19/h2-3,5,7,9-12,19H,4,6,8,13-14H2,1H3,(H,23,26)(H,24,27)/p+1/t19-/m0/s1. The van der Waals surface area contributed by atoms with Crippen LogP contribution < -0.4 is 15.5 Å². The first-order valence-electron chi connectivity index (χ1n) is 9.25. The Morgan fingerprint density at radius 3 is 2.56 bits per heavy atom. The van der Waals surface area contributed by atoms with Crippen molar-refractivity contribution in [1.29, 1.82) is 0 Å². The third kappa shape index (κ3) is 5.55. The molecule has 1 aliphatic carbocycles. The molecule has 0 aliphatic heterocycles. The van der Waals surface area contributed by atoms with Crippen molar-refractivity contribution in [1.82, 2.24) is 5.32 Å². The number of carbonyl (C=O) groups is 2. The molecule has 0 aromatic heterocycles. The van der Waals surface area contributed by atoms with Crippen LogP contribution in [0.4, 0.5) is 5.69 Å². The molecule has 1 aliphatic rings. The van der Waals surface area contributed by atoms with Crippen LogP contribution in [0, 0.1) is 0 Å². The molecule has 1 unspecified atom stereocenters. The van der Waals surface area contributed by atoms with E-state index in [-0.39, 0.29) is 30.9 Å². The molecule has 2 aromatic rings. The highest BCUT2D eigenvalue weighted by molar-refractivity contribution is 6.30. The van der Waals surface area contributed by atoms with Crippen molar-refractivity contribution in [3.05, 3.63) is 64.7 Å². The van der Waals surface area contributed by atoms with E-state index in [0.717, 1.165) is 24.2 Å². The van der Waals surface area contributed by atoms with Gasteiger partial charge in [0.2, 0.25) is 0 Å². The van der Waals surface area contributed by atoms with Gasteiger partial charge >= 0.3 is 0 Å². The highest BCUT2D eigenvalue weighted by Crippen LogP contribution is 2.29. The van der Waals surface area contributed by atoms with E-state index in [1.807, 2.05) is 19.2 Å². The first kappa shape index (κ1) is 19.4. The summed E-state index contributed by atoms with van der Waals surface area (Å²) in [7, 11) is 1.84. The molecule has 27 heavy (non-hydrogen) atoms. The molecule has 0 saturated carbocycles. The zero-order chi connectivity index (χ0) is 19.2. The number of likely N-dealkylation sites (N-methyl/N-ethyl adjacent to an activating group) is 1. The first-order chi connectivity index (χ1) is 13.0. The van der Waals surface area contributed by atoms with Crippen molar-refractivity contribution in [3.8, 4) is 0 Å². The average Bonchev–Trinajstić information content (AvgIpc) is 2.63. The van der Waals surface area contributed by atoms with Gasteiger partial charge in [-0.15, -0.1) is 0 Å². The van der Waals surface area contributed by atoms with Crippen molar-refractivity contribution in [3.63, 3.8) is 0 Å². The topological polar surface area (TPSA) is 62.6 Å². The van der Waals surface area contributed by atoms with Gasteiger partial charge in [-0.1, -0.05) is 35.9 Å². The zero-order valence-electron chi connectivity index (χ0n) is 15.4. The maximum Gasteiger partial charge on any atom is 0.279 e. The van der Waals surface area contributed by atoms with Crippen molar-refractivity contribution >= 4 is 29.1 Å². The molecule has 3 rings (SSSR count). The normalized spacial score (nSPS) is 16.9. The van der Waals surface area contributed by atoms with Crippen molar-refractivity contribution in [2.45, 2.75) is 25.3 Å². The average molecular weight is 387 g/mol. The quantitative estimate of drug-likeness (QED) is 0.711. The number of hydrogen-bond donors (Lipinski definition) is 3. The van der Waals surface area contributed by atoms with E-state index in [0.29, 0.717) is 10.7 Å². The Labute approximate surface area is 164 Å². The van der Waals surface area contributed by atoms with E-state index >= 15 is 0 Å². The summed E-state index contributed by atoms with van der Waals surface area (Å²) in [5.41, 5.74) is 3.23. The fourth-order valence-electron chi connectivity index (χ4n) is 3.50. The Kier molecular flexibility index (Phi) is 6.48. The summed E-state index contributed by atoms with van der Waals surface area (Å²) >= 11 is 5.84. The molecule has 142 valence electrons. The number of quaternary nitrogens is 1. The number of benzene rings is 2. The van der Waals surface area contributed by atoms with E-state index < -0.39 is 0 Å². The second kappa shape index (κ2) is 9.02. The molecule has 2 aromatic carbocycles. The van der Waals surface area contributed by atoms with Crippen LogP contribution in [-0.4, -0.2) is 32.0 Å². The summed E-state index contributed by atoms with van der Waals surface area (Å²) in [6, 6.07) is 15.3. The first-order valence-corrected chi connectivity index (χ1v) is 9.63. The Morgan fingerprint density at radius 2 is 1.78 bits per heavy atom. The smallest absolute Gasteiger partial charge is 0.279 e. The van der Waals surface area contributed by atoms with Gasteiger partial charge < -0.3 is 15.5 Å². The molecule has 0 fully saturated rings. The van der Waals surface area contributed by atoms with E-state index in [9.17, 15) is 9.59 Å². The minimum atomic E-state index is -0.134. The van der Waals surface area contributed by atoms with E-state index in [2.05, 4.69) is 22.8 Å². The number of rotatable bonds is 6. The van der Waals surface area contributed by atoms with Crippen LogP contribution in [0.5, 0.6) is 0 Å². The van der Waals surface area contributed by atoms with Crippen molar-refractivity contribution in [2.24, 2.45) is 0 Å². The van der Waals surface area contributed by atoms with Gasteiger partial charge in [0.05, 0.1) is 13.1 Å². The number of hydrogen-bond acceptors (Lipinski definition) is 2. The summed E-state index contributed by atoms with van der Waals surface area (Å²) < 4.78 is 0. The van der Waals surface area contributed by atoms with E-state index in [1.54, 1.807) is 24.3 Å². The Hall–Kier alpha value is -2.37. The van der Waals surface area contributed by atoms with Crippen molar-refractivity contribution < 1.29 is 14.5 Å². The summed E-state index contributed by atoms with van der Waals surface area (Å²) in [6.45, 7) is 0.476. The predicted octanol–water partition coefficient (Wildman–Crippen LogP) is 1.99. The van der Waals surface area contributed by atoms with Gasteiger partial charge in [-0.05, 0) is 54.7 Å². The highest BCUT2D eigenvalue weighted by Gasteiger charge is 2.23. The van der Waals surface area contributed by atoms with Gasteiger partial charge in [-0.2, -0.15) is 0 Å². The molecule has 0 saturated heterocycles. The largest absolute Gasteiger partial charge is 0.344 e. The Balaban J connectivity index is 1.48. The van der Waals surface area contributed by atoms with Crippen LogP contribution in [0.1, 0.15) is 30.0 Å². The number of fused-ring (bicyclic) bond motifs is 1. The summed E-state index contributed by atoms with van der Waals surface area (Å²) in [4.78, 5) is 25.4. The van der Waals surface area contributed by atoms with Crippen molar-refractivity contribution in [2.75, 3.05) is 25.5 Å². The van der Waals surface area contributed by atoms with Gasteiger partial charge in [0, 0.05) is 10.7 Å². The lowest BCUT2D eigenvalue weighted by atomic mass is 9.88. The SMILES string of the molecule is C[NH+](CC(=O)Nc1ccc(Cl)cc1)CC(=O)N[C@H]1CCCc2ccccc21. The molecule has 2 amide bonds. The van der Waals surface area contributed by atoms with E-state index in [4.69, 9.17) is 11.6 Å². The third-order valence-electron chi connectivity index (χ3n) is 4.76. The van der Waals surface area contributed by atoms with Gasteiger partial charge in [0.25, 0.3) is 11.8 Å². The molecular weight excluding hydrogens is 362 g/mol. The second-order valence-electron chi connectivity index (χ2n) is 7.08. The number of anilines is 1. The maximum atomic E-state index is 12.4. The predicted molar refractivity (Wildman–Crippen MR) is 107 cm³/mol. The molecule has 0 bridgehead atoms. The van der Waals surface area contributed by atoms with E-state index in [1.165, 1.54) is 11.1 Å². The third-order valence-corrected chi connectivity index (χ3v) is 5.01. The van der Waals surface area contributed by atoms with Crippen LogP contribution in [0.15, 0.2) is 48.5 Å². The van der Waals surface area contributed by atoms with Gasteiger partial charge in [-0.25, -0.2) is 0 Å². The molecule has 0 radical (unpaired) electrons. The van der Waals surface area contributed by atoms with Crippen LogP contribution in [0.3, 0.4) is 0 Å². The number of carbonyl (C=O) groups excluding carboxylic acids is 2. The lowest BCUT2D eigenvalue weighted by Gasteiger charge is -2.26. The highest BCUT2D eigenvalue weighted by atomic mass is 35.5. The number of halogens is 1. The molecule has 0 heterocycles. The molecule has 3 N–H and O–H groups in total. The lowest BCUT2D eigenvalue weighted by molar-refractivity contribution is -0.862. The van der Waals surface area contributed by atoms with Crippen LogP contribution in [0.25, 0.3) is 0 Å². The van der Waals surface area contributed by atoms with Gasteiger partial charge in [0.1, 0.15) is 0 Å². The number of amides is 2. The molecule has 5 nitrogen and oxygen atoms in total. The Bertz CT molecular complexity index is 807. The fraction of sp³-hybridized carbons (Fsp3) is 0.333. The summed E-state index contributed by atoms with van der Waals surface area (Å²) in [5.74, 6) is -0.167. The summed E-state index contributed by atoms with van der Waals surface area (Å²) in [5, 5.41) is 6.57.